The summed E-state index contributed by atoms with van der Waals surface area (Å²) in [6, 6.07) is 0.118. The zero-order valence-corrected chi connectivity index (χ0v) is 12.7. The van der Waals surface area contributed by atoms with Crippen LogP contribution in [0.3, 0.4) is 0 Å². The maximum atomic E-state index is 12.4. The minimum absolute atomic E-state index is 0.118. The van der Waals surface area contributed by atoms with Crippen LogP contribution in [0.5, 0.6) is 0 Å². The van der Waals surface area contributed by atoms with E-state index in [1.54, 1.807) is 4.31 Å². The lowest BCUT2D eigenvalue weighted by Gasteiger charge is -2.34. The Hall–Kier alpha value is -0.170. The predicted octanol–water partition coefficient (Wildman–Crippen LogP) is 1.07. The molecule has 3 atom stereocenters. The van der Waals surface area contributed by atoms with Crippen molar-refractivity contribution in [1.82, 2.24) is 9.03 Å². The summed E-state index contributed by atoms with van der Waals surface area (Å²) >= 11 is 0. The molecule has 1 aliphatic heterocycles. The van der Waals surface area contributed by atoms with Crippen LogP contribution < -0.4 is 10.5 Å². The quantitative estimate of drug-likeness (QED) is 0.813. The molecule has 112 valence electrons. The van der Waals surface area contributed by atoms with E-state index in [-0.39, 0.29) is 6.04 Å². The average molecular weight is 289 g/mol. The number of hydrogen-bond acceptors (Lipinski definition) is 3. The molecule has 0 amide bonds. The predicted molar refractivity (Wildman–Crippen MR) is 76.8 cm³/mol. The number of nitrogens with two attached hydrogens (primary N) is 1. The Balaban J connectivity index is 1.93. The van der Waals surface area contributed by atoms with Gasteiger partial charge in [0.15, 0.2) is 0 Å². The third kappa shape index (κ3) is 4.15. The van der Waals surface area contributed by atoms with Gasteiger partial charge in [0, 0.05) is 19.1 Å². The number of rotatable bonds is 4. The Kier molecular flexibility index (Phi) is 5.22. The molecule has 3 unspecified atom stereocenters. The van der Waals surface area contributed by atoms with Crippen LogP contribution in [-0.2, 0) is 10.2 Å². The molecule has 0 aromatic heterocycles. The van der Waals surface area contributed by atoms with E-state index in [0.29, 0.717) is 31.5 Å². The third-order valence-corrected chi connectivity index (χ3v) is 6.05. The van der Waals surface area contributed by atoms with Crippen molar-refractivity contribution >= 4 is 10.2 Å². The molecule has 0 radical (unpaired) electrons. The van der Waals surface area contributed by atoms with Gasteiger partial charge in [-0.05, 0) is 44.1 Å². The summed E-state index contributed by atoms with van der Waals surface area (Å²) in [5.41, 5.74) is 5.67. The van der Waals surface area contributed by atoms with Crippen molar-refractivity contribution in [2.45, 2.75) is 51.5 Å². The van der Waals surface area contributed by atoms with Gasteiger partial charge in [-0.15, -0.1) is 0 Å². The maximum Gasteiger partial charge on any atom is 0.279 e. The Labute approximate surface area is 117 Å². The van der Waals surface area contributed by atoms with Gasteiger partial charge >= 0.3 is 0 Å². The van der Waals surface area contributed by atoms with E-state index in [9.17, 15) is 8.42 Å². The van der Waals surface area contributed by atoms with Crippen LogP contribution in [0.25, 0.3) is 0 Å². The van der Waals surface area contributed by atoms with Crippen molar-refractivity contribution in [3.05, 3.63) is 0 Å². The third-order valence-electron chi connectivity index (χ3n) is 4.41. The zero-order valence-electron chi connectivity index (χ0n) is 11.8. The normalized spacial score (nSPS) is 34.3. The summed E-state index contributed by atoms with van der Waals surface area (Å²) in [4.78, 5) is 0. The van der Waals surface area contributed by atoms with Gasteiger partial charge in [0.05, 0.1) is 0 Å². The largest absolute Gasteiger partial charge is 0.330 e. The summed E-state index contributed by atoms with van der Waals surface area (Å²) in [6.45, 7) is 3.99. The van der Waals surface area contributed by atoms with Crippen LogP contribution in [-0.4, -0.2) is 38.4 Å². The van der Waals surface area contributed by atoms with E-state index in [2.05, 4.69) is 11.6 Å². The van der Waals surface area contributed by atoms with Gasteiger partial charge in [-0.25, -0.2) is 0 Å². The fraction of sp³-hybridized carbons (Fsp3) is 1.00. The van der Waals surface area contributed by atoms with E-state index < -0.39 is 10.2 Å². The molecule has 3 N–H and O–H groups in total. The van der Waals surface area contributed by atoms with Crippen molar-refractivity contribution in [2.75, 3.05) is 19.6 Å². The Bertz CT molecular complexity index is 385. The van der Waals surface area contributed by atoms with Crippen LogP contribution >= 0.6 is 0 Å². The van der Waals surface area contributed by atoms with Crippen LogP contribution in [0, 0.1) is 11.8 Å². The van der Waals surface area contributed by atoms with Crippen LogP contribution in [0.4, 0.5) is 0 Å². The zero-order chi connectivity index (χ0) is 13.9. The number of piperidine rings is 1. The van der Waals surface area contributed by atoms with E-state index in [0.717, 1.165) is 32.1 Å². The minimum atomic E-state index is -3.32. The minimum Gasteiger partial charge on any atom is -0.330 e. The smallest absolute Gasteiger partial charge is 0.279 e. The molecule has 2 fully saturated rings. The molecular formula is C13H27N3O2S. The molecule has 5 nitrogen and oxygen atoms in total. The summed E-state index contributed by atoms with van der Waals surface area (Å²) < 4.78 is 29.3. The highest BCUT2D eigenvalue weighted by molar-refractivity contribution is 7.87. The van der Waals surface area contributed by atoms with Crippen LogP contribution in [0.1, 0.15) is 45.4 Å². The van der Waals surface area contributed by atoms with Gasteiger partial charge < -0.3 is 5.73 Å². The molecule has 0 aromatic carbocycles. The summed E-state index contributed by atoms with van der Waals surface area (Å²) in [5.74, 6) is 0.940. The topological polar surface area (TPSA) is 75.4 Å². The van der Waals surface area contributed by atoms with Crippen molar-refractivity contribution in [3.8, 4) is 0 Å². The summed E-state index contributed by atoms with van der Waals surface area (Å²) in [7, 11) is -3.32. The molecule has 1 aliphatic carbocycles. The van der Waals surface area contributed by atoms with Gasteiger partial charge in [-0.2, -0.15) is 17.4 Å². The first-order valence-electron chi connectivity index (χ1n) is 7.48. The van der Waals surface area contributed by atoms with Gasteiger partial charge in [0.25, 0.3) is 10.2 Å². The summed E-state index contributed by atoms with van der Waals surface area (Å²) in [5, 5.41) is 0. The second-order valence-electron chi connectivity index (χ2n) is 6.19. The molecule has 0 bridgehead atoms. The van der Waals surface area contributed by atoms with Crippen molar-refractivity contribution in [1.29, 1.82) is 0 Å². The van der Waals surface area contributed by atoms with Gasteiger partial charge in [-0.1, -0.05) is 19.8 Å². The maximum absolute atomic E-state index is 12.4. The lowest BCUT2D eigenvalue weighted by atomic mass is 9.88. The molecule has 0 aromatic rings. The molecule has 2 rings (SSSR count). The van der Waals surface area contributed by atoms with E-state index in [4.69, 9.17) is 5.73 Å². The first-order valence-corrected chi connectivity index (χ1v) is 8.92. The lowest BCUT2D eigenvalue weighted by Crippen LogP contribution is -2.50. The molecule has 0 spiro atoms. The highest BCUT2D eigenvalue weighted by atomic mass is 32.2. The number of hydrogen-bond donors (Lipinski definition) is 2. The second-order valence-corrected chi connectivity index (χ2v) is 7.90. The second kappa shape index (κ2) is 6.52. The van der Waals surface area contributed by atoms with Crippen molar-refractivity contribution in [2.24, 2.45) is 17.6 Å². The van der Waals surface area contributed by atoms with Crippen LogP contribution in [0.2, 0.25) is 0 Å². The molecule has 19 heavy (non-hydrogen) atoms. The standard InChI is InChI=1S/C13H27N3O2S/c1-11-4-2-6-13(8-11)15-19(17,18)16-7-3-5-12(9-14)10-16/h11-13,15H,2-10,14H2,1H3. The highest BCUT2D eigenvalue weighted by Crippen LogP contribution is 2.25. The van der Waals surface area contributed by atoms with Gasteiger partial charge in [-0.3, -0.25) is 0 Å². The fourth-order valence-corrected chi connectivity index (χ4v) is 4.82. The van der Waals surface area contributed by atoms with E-state index >= 15 is 0 Å². The van der Waals surface area contributed by atoms with Crippen LogP contribution in [0.15, 0.2) is 0 Å². The Morgan fingerprint density at radius 2 is 2.05 bits per heavy atom. The Morgan fingerprint density at radius 3 is 2.74 bits per heavy atom. The first kappa shape index (κ1) is 15.2. The lowest BCUT2D eigenvalue weighted by molar-refractivity contribution is 0.261. The molecule has 1 saturated heterocycles. The molecule has 2 aliphatic rings. The average Bonchev–Trinajstić information content (AvgIpc) is 2.38. The summed E-state index contributed by atoms with van der Waals surface area (Å²) in [6.07, 6.45) is 6.24. The number of nitrogens with one attached hydrogen (secondary N) is 1. The van der Waals surface area contributed by atoms with Crippen molar-refractivity contribution in [3.63, 3.8) is 0 Å². The molecule has 1 heterocycles. The van der Waals surface area contributed by atoms with E-state index in [1.807, 2.05) is 0 Å². The van der Waals surface area contributed by atoms with E-state index in [1.165, 1.54) is 6.42 Å². The Morgan fingerprint density at radius 1 is 1.26 bits per heavy atom. The van der Waals surface area contributed by atoms with Gasteiger partial charge in [0.1, 0.15) is 0 Å². The molecule has 1 saturated carbocycles. The molecular weight excluding hydrogens is 262 g/mol. The monoisotopic (exact) mass is 289 g/mol. The van der Waals surface area contributed by atoms with Crippen molar-refractivity contribution < 1.29 is 8.42 Å². The van der Waals surface area contributed by atoms with Gasteiger partial charge in [0.2, 0.25) is 0 Å². The SMILES string of the molecule is CC1CCCC(NS(=O)(=O)N2CCCC(CN)C2)C1. The number of nitrogens with zero attached hydrogens (tertiary/aromatic N) is 1. The first-order chi connectivity index (χ1) is 9.01. The molecule has 6 heteroatoms. The fourth-order valence-electron chi connectivity index (χ4n) is 3.26. The highest BCUT2D eigenvalue weighted by Gasteiger charge is 2.31.